The van der Waals surface area contributed by atoms with E-state index < -0.39 is 0 Å². The largest absolute Gasteiger partial charge is 0.435 e. The molecule has 3 nitrogen and oxygen atoms in total. The van der Waals surface area contributed by atoms with Crippen LogP contribution in [0.4, 0.5) is 5.69 Å². The van der Waals surface area contributed by atoms with Gasteiger partial charge in [0.15, 0.2) is 0 Å². The number of benzene rings is 1. The van der Waals surface area contributed by atoms with Crippen molar-refractivity contribution in [2.75, 3.05) is 11.5 Å². The number of nitrogens with one attached hydrogen (secondary N) is 1. The average Bonchev–Trinajstić information content (AvgIpc) is 2.19. The van der Waals surface area contributed by atoms with Gasteiger partial charge in [-0.25, -0.2) is 0 Å². The predicted molar refractivity (Wildman–Crippen MR) is 54.4 cm³/mol. The molecule has 0 aliphatic carbocycles. The molecule has 0 fully saturated rings. The highest BCUT2D eigenvalue weighted by Gasteiger charge is 1.93. The van der Waals surface area contributed by atoms with Gasteiger partial charge in [0.25, 0.3) is 0 Å². The van der Waals surface area contributed by atoms with Crippen molar-refractivity contribution >= 4 is 35.9 Å². The summed E-state index contributed by atoms with van der Waals surface area (Å²) in [5.74, 6) is 0. The lowest BCUT2D eigenvalue weighted by Crippen LogP contribution is -2.16. The smallest absolute Gasteiger partial charge is 0.409 e. The minimum absolute atomic E-state index is 0.0683. The molecule has 0 saturated carbocycles. The molecule has 13 heavy (non-hydrogen) atoms. The summed E-state index contributed by atoms with van der Waals surface area (Å²) in [5, 5.41) is 3.22. The highest BCUT2D eigenvalue weighted by molar-refractivity contribution is 6.42. The third kappa shape index (κ3) is 5.01. The van der Waals surface area contributed by atoms with Gasteiger partial charge in [-0.15, -0.1) is 0 Å². The van der Waals surface area contributed by atoms with Gasteiger partial charge in [-0.05, 0) is 12.1 Å². The number of hydrogen-bond acceptors (Lipinski definition) is 3. The Bertz CT molecular complexity index is 222. The van der Waals surface area contributed by atoms with E-state index in [4.69, 9.17) is 4.12 Å². The molecule has 0 atom stereocenters. The van der Waals surface area contributed by atoms with Crippen LogP contribution in [-0.2, 0) is 8.23 Å². The third-order valence-electron chi connectivity index (χ3n) is 1.29. The molecule has 0 unspecified atom stereocenters. The molecular formula is C7H8NO2Si3. The fraction of sp³-hybridized carbons (Fsp3) is 0.143. The maximum absolute atomic E-state index is 5.13. The van der Waals surface area contributed by atoms with Gasteiger partial charge in [-0.1, -0.05) is 18.2 Å². The fourth-order valence-corrected chi connectivity index (χ4v) is 2.12. The molecule has 0 amide bonds. The number of hydrogen-bond donors (Lipinski definition) is 1. The second-order valence-corrected chi connectivity index (χ2v) is 4.59. The van der Waals surface area contributed by atoms with Crippen LogP contribution in [0.15, 0.2) is 30.3 Å². The summed E-state index contributed by atoms with van der Waals surface area (Å²) in [6.07, 6.45) is 0.812. The minimum atomic E-state index is 0.0683. The van der Waals surface area contributed by atoms with Crippen LogP contribution in [0.2, 0.25) is 0 Å². The van der Waals surface area contributed by atoms with Crippen LogP contribution in [0.1, 0.15) is 0 Å². The first-order valence-corrected chi connectivity index (χ1v) is 6.02. The Hall–Kier alpha value is -0.409. The Labute approximate surface area is 86.4 Å². The number of rotatable bonds is 6. The first-order chi connectivity index (χ1) is 6.43. The lowest BCUT2D eigenvalue weighted by atomic mass is 10.3. The Morgan fingerprint density at radius 3 is 2.77 bits per heavy atom. The van der Waals surface area contributed by atoms with Gasteiger partial charge in [0.1, 0.15) is 0 Å². The van der Waals surface area contributed by atoms with Crippen molar-refractivity contribution in [1.29, 1.82) is 0 Å². The van der Waals surface area contributed by atoms with Crippen LogP contribution in [0.3, 0.4) is 0 Å². The summed E-state index contributed by atoms with van der Waals surface area (Å²) in [7, 11) is 3.34. The quantitative estimate of drug-likeness (QED) is 0.556. The molecule has 0 spiro atoms. The van der Waals surface area contributed by atoms with Gasteiger partial charge >= 0.3 is 10.0 Å². The zero-order valence-electron chi connectivity index (χ0n) is 6.91. The second-order valence-electron chi connectivity index (χ2n) is 2.15. The zero-order chi connectivity index (χ0) is 9.36. The molecule has 65 valence electrons. The first kappa shape index (κ1) is 10.7. The summed E-state index contributed by atoms with van der Waals surface area (Å²) in [5.41, 5.74) is 1.11. The Morgan fingerprint density at radius 2 is 2.08 bits per heavy atom. The maximum atomic E-state index is 5.13. The summed E-state index contributed by atoms with van der Waals surface area (Å²) in [6.45, 7) is 0. The highest BCUT2D eigenvalue weighted by atomic mass is 28.3. The first-order valence-electron chi connectivity index (χ1n) is 3.68. The Balaban J connectivity index is 2.07. The van der Waals surface area contributed by atoms with E-state index in [1.54, 1.807) is 0 Å². The van der Waals surface area contributed by atoms with Gasteiger partial charge in [0.2, 0.25) is 20.2 Å². The van der Waals surface area contributed by atoms with Crippen LogP contribution in [0.5, 0.6) is 0 Å². The zero-order valence-corrected chi connectivity index (χ0v) is 9.91. The van der Waals surface area contributed by atoms with Crippen LogP contribution in [0, 0.1) is 0 Å². The standard InChI is InChI=1S/C7H8NO2Si3/c11-9-13-10-12-6-8-7-4-2-1-3-5-7/h1-5,8H,6H2. The van der Waals surface area contributed by atoms with Crippen molar-refractivity contribution in [3.63, 3.8) is 0 Å². The van der Waals surface area contributed by atoms with E-state index in [2.05, 4.69) is 19.9 Å². The van der Waals surface area contributed by atoms with E-state index in [0.29, 0.717) is 9.76 Å². The van der Waals surface area contributed by atoms with Crippen LogP contribution < -0.4 is 5.32 Å². The summed E-state index contributed by atoms with van der Waals surface area (Å²) >= 11 is 0. The van der Waals surface area contributed by atoms with Gasteiger partial charge in [0, 0.05) is 11.9 Å². The normalized spacial score (nSPS) is 9.92. The molecule has 0 heterocycles. The van der Waals surface area contributed by atoms with E-state index in [1.165, 1.54) is 0 Å². The SMILES string of the molecule is [Si]O[Si]O[Si]CNc1ccccc1. The maximum Gasteiger partial charge on any atom is 0.409 e. The molecule has 0 bridgehead atoms. The van der Waals surface area contributed by atoms with Crippen molar-refractivity contribution in [3.05, 3.63) is 30.3 Å². The van der Waals surface area contributed by atoms with Crippen molar-refractivity contribution in [1.82, 2.24) is 0 Å². The van der Waals surface area contributed by atoms with Crippen molar-refractivity contribution in [2.45, 2.75) is 0 Å². The van der Waals surface area contributed by atoms with Gasteiger partial charge < -0.3 is 13.5 Å². The van der Waals surface area contributed by atoms with E-state index in [1.807, 2.05) is 30.3 Å². The molecule has 1 rings (SSSR count). The molecule has 0 aliphatic heterocycles. The lowest BCUT2D eigenvalue weighted by Gasteiger charge is -2.03. The van der Waals surface area contributed by atoms with Crippen LogP contribution in [-0.4, -0.2) is 36.4 Å². The summed E-state index contributed by atoms with van der Waals surface area (Å²) in [6, 6.07) is 10.0. The summed E-state index contributed by atoms with van der Waals surface area (Å²) < 4.78 is 9.71. The second kappa shape index (κ2) is 7.04. The fourth-order valence-electron chi connectivity index (χ4n) is 0.781. The number of anilines is 1. The van der Waals surface area contributed by atoms with Crippen molar-refractivity contribution < 1.29 is 8.23 Å². The molecule has 1 N–H and O–H groups in total. The molecule has 1 aromatic carbocycles. The van der Waals surface area contributed by atoms with Crippen molar-refractivity contribution in [3.8, 4) is 0 Å². The summed E-state index contributed by atoms with van der Waals surface area (Å²) in [4.78, 5) is 0. The highest BCUT2D eigenvalue weighted by Crippen LogP contribution is 2.03. The average molecular weight is 222 g/mol. The Kier molecular flexibility index (Phi) is 5.78. The van der Waals surface area contributed by atoms with Crippen molar-refractivity contribution in [2.24, 2.45) is 0 Å². The molecule has 7 radical (unpaired) electrons. The lowest BCUT2D eigenvalue weighted by molar-refractivity contribution is 0.503. The van der Waals surface area contributed by atoms with E-state index in [0.717, 1.165) is 11.9 Å². The molecule has 6 heteroatoms. The molecular weight excluding hydrogens is 214 g/mol. The van der Waals surface area contributed by atoms with E-state index >= 15 is 0 Å². The van der Waals surface area contributed by atoms with E-state index in [-0.39, 0.29) is 10.0 Å². The van der Waals surface area contributed by atoms with Crippen LogP contribution in [0.25, 0.3) is 0 Å². The van der Waals surface area contributed by atoms with Gasteiger partial charge in [-0.2, -0.15) is 0 Å². The van der Waals surface area contributed by atoms with Gasteiger partial charge in [-0.3, -0.25) is 0 Å². The predicted octanol–water partition coefficient (Wildman–Crippen LogP) is 0.326. The van der Waals surface area contributed by atoms with E-state index in [9.17, 15) is 0 Å². The Morgan fingerprint density at radius 1 is 1.31 bits per heavy atom. The molecule has 0 saturated heterocycles. The van der Waals surface area contributed by atoms with Gasteiger partial charge in [0.05, 0.1) is 0 Å². The minimum Gasteiger partial charge on any atom is -0.435 e. The number of para-hydroxylation sites is 1. The van der Waals surface area contributed by atoms with Crippen LogP contribution >= 0.6 is 0 Å². The molecule has 1 aromatic rings. The molecule has 0 aliphatic rings. The topological polar surface area (TPSA) is 30.5 Å². The molecule has 0 aromatic heterocycles. The monoisotopic (exact) mass is 222 g/mol. The third-order valence-corrected chi connectivity index (χ3v) is 2.86.